The molecule has 9 rings (SSSR count). The van der Waals surface area contributed by atoms with Gasteiger partial charge < -0.3 is 14.5 Å². The lowest BCUT2D eigenvalue weighted by atomic mass is 9.76. The van der Waals surface area contributed by atoms with Crippen LogP contribution in [0.2, 0.25) is 0 Å². The van der Waals surface area contributed by atoms with Gasteiger partial charge in [-0.15, -0.1) is 0 Å². The van der Waals surface area contributed by atoms with Gasteiger partial charge in [-0.25, -0.2) is 4.98 Å². The number of ether oxygens (including phenoxy) is 1. The fourth-order valence-electron chi connectivity index (χ4n) is 9.60. The summed E-state index contributed by atoms with van der Waals surface area (Å²) >= 11 is 0. The van der Waals surface area contributed by atoms with E-state index in [1.165, 1.54) is 49.8 Å². The molecule has 68 heavy (non-hydrogen) atoms. The van der Waals surface area contributed by atoms with E-state index >= 15 is 0 Å². The minimum atomic E-state index is -0.377. The summed E-state index contributed by atoms with van der Waals surface area (Å²) in [4.78, 5) is 9.93. The smallest absolute Gasteiger partial charge is 0.137 e. The second-order valence-corrected chi connectivity index (χ2v) is 23.6. The maximum atomic E-state index is 7.32. The van der Waals surface area contributed by atoms with Crippen LogP contribution in [0.4, 0.5) is 11.4 Å². The molecule has 5 heteroatoms. The molecule has 0 aliphatic carbocycles. The zero-order valence-electron chi connectivity index (χ0n) is 42.9. The van der Waals surface area contributed by atoms with Crippen LogP contribution in [0, 0.1) is 0 Å². The van der Waals surface area contributed by atoms with Gasteiger partial charge in [0.1, 0.15) is 17.3 Å². The summed E-state index contributed by atoms with van der Waals surface area (Å²) in [6.45, 7) is 32.8. The zero-order chi connectivity index (χ0) is 48.6. The summed E-state index contributed by atoms with van der Waals surface area (Å²) in [5.74, 6) is 2.46. The lowest BCUT2D eigenvalue weighted by molar-refractivity contribution is 0.477. The molecule has 348 valence electrons. The van der Waals surface area contributed by atoms with E-state index in [0.717, 1.165) is 45.3 Å². The van der Waals surface area contributed by atoms with Gasteiger partial charge in [-0.2, -0.15) is 0 Å². The Labute approximate surface area is 406 Å². The monoisotopic (exact) mass is 899 g/mol. The lowest BCUT2D eigenvalue weighted by Crippen LogP contribution is -2.27. The van der Waals surface area contributed by atoms with Gasteiger partial charge in [0.2, 0.25) is 0 Å². The molecule has 0 atom stereocenters. The third kappa shape index (κ3) is 8.96. The van der Waals surface area contributed by atoms with Crippen molar-refractivity contribution in [2.75, 3.05) is 16.5 Å². The van der Waals surface area contributed by atoms with Gasteiger partial charge in [0.25, 0.3) is 0 Å². The number of para-hydroxylation sites is 1. The highest BCUT2D eigenvalue weighted by Gasteiger charge is 2.32. The van der Waals surface area contributed by atoms with E-state index < -0.39 is 0 Å². The van der Waals surface area contributed by atoms with Crippen LogP contribution >= 0.6 is 0 Å². The average molecular weight is 899 g/mol. The molecule has 1 aliphatic heterocycles. The molecule has 0 unspecified atom stereocenters. The number of hydrogen-bond acceptors (Lipinski definition) is 4. The zero-order valence-corrected chi connectivity index (χ0v) is 42.9. The molecule has 0 N–H and O–H groups in total. The van der Waals surface area contributed by atoms with Crippen molar-refractivity contribution in [1.82, 2.24) is 9.55 Å². The maximum absolute atomic E-state index is 7.32. The quantitative estimate of drug-likeness (QED) is 0.152. The molecule has 0 fully saturated rings. The van der Waals surface area contributed by atoms with Gasteiger partial charge in [0, 0.05) is 52.1 Å². The standard InChI is InChI=1S/C63H70N4O/c1-59(2,3)44-29-30-64-57(36-44)67-54-28-22-21-27-52(54)58-53(63(13,14)43-25-19-16-20-26-43)38-51(39-55(58)67)68-50-35-47(62(10,11)12)34-49(37-50)66-41-65(40-56(66)42-23-17-15-18-24-42)48-32-45(60(4,5)6)31-46(33-48)61(7,8)9/h15-40H,41H2,1-14H3. The summed E-state index contributed by atoms with van der Waals surface area (Å²) in [5.41, 5.74) is 13.7. The van der Waals surface area contributed by atoms with Gasteiger partial charge in [-0.05, 0) is 109 Å². The number of benzene rings is 6. The molecule has 3 heterocycles. The van der Waals surface area contributed by atoms with E-state index in [1.54, 1.807) is 0 Å². The SMILES string of the molecule is CC(C)(C)c1cc(Oc2cc(C(C)(C)c3ccccc3)c3c4ccccc4n(-c4cc(C(C)(C)C)ccn4)c3c2)cc(N2CN(c3cc(C(C)(C)C)cc(C(C)(C)C)c3)C=C2c2ccccc2)c1. The van der Waals surface area contributed by atoms with Gasteiger partial charge in [-0.1, -0.05) is 182 Å². The van der Waals surface area contributed by atoms with Gasteiger partial charge in [0.05, 0.1) is 23.4 Å². The van der Waals surface area contributed by atoms with Crippen LogP contribution in [0.1, 0.15) is 136 Å². The van der Waals surface area contributed by atoms with E-state index in [-0.39, 0.29) is 27.1 Å². The molecule has 0 bridgehead atoms. The molecule has 0 radical (unpaired) electrons. The molecule has 2 aromatic heterocycles. The highest BCUT2D eigenvalue weighted by atomic mass is 16.5. The molecule has 8 aromatic rings. The van der Waals surface area contributed by atoms with Crippen LogP contribution in [0.3, 0.4) is 0 Å². The second kappa shape index (κ2) is 16.9. The summed E-state index contributed by atoms with van der Waals surface area (Å²) in [6.07, 6.45) is 4.29. The molecular formula is C63H70N4O. The molecule has 6 aromatic carbocycles. The molecule has 0 amide bonds. The molecule has 0 saturated carbocycles. The first kappa shape index (κ1) is 46.5. The first-order valence-corrected chi connectivity index (χ1v) is 24.4. The third-order valence-corrected chi connectivity index (χ3v) is 14.0. The van der Waals surface area contributed by atoms with Crippen LogP contribution in [-0.4, -0.2) is 16.2 Å². The van der Waals surface area contributed by atoms with Crippen LogP contribution in [0.5, 0.6) is 11.5 Å². The van der Waals surface area contributed by atoms with E-state index in [2.05, 4.69) is 263 Å². The van der Waals surface area contributed by atoms with Crippen molar-refractivity contribution in [2.45, 2.75) is 124 Å². The topological polar surface area (TPSA) is 33.5 Å². The van der Waals surface area contributed by atoms with Crippen molar-refractivity contribution in [2.24, 2.45) is 0 Å². The highest BCUT2D eigenvalue weighted by Crippen LogP contribution is 2.46. The summed E-state index contributed by atoms with van der Waals surface area (Å²) in [7, 11) is 0. The Morgan fingerprint density at radius 2 is 1.03 bits per heavy atom. The van der Waals surface area contributed by atoms with Crippen molar-refractivity contribution in [3.63, 3.8) is 0 Å². The molecule has 0 spiro atoms. The van der Waals surface area contributed by atoms with E-state index in [0.29, 0.717) is 6.67 Å². The number of nitrogens with zero attached hydrogens (tertiary/aromatic N) is 4. The van der Waals surface area contributed by atoms with Gasteiger partial charge in [0.15, 0.2) is 0 Å². The summed E-state index contributed by atoms with van der Waals surface area (Å²) in [6, 6.07) is 53.3. The Morgan fingerprint density at radius 1 is 0.471 bits per heavy atom. The Morgan fingerprint density at radius 3 is 1.66 bits per heavy atom. The third-order valence-electron chi connectivity index (χ3n) is 14.0. The van der Waals surface area contributed by atoms with Crippen molar-refractivity contribution >= 4 is 38.9 Å². The maximum Gasteiger partial charge on any atom is 0.137 e. The van der Waals surface area contributed by atoms with Crippen LogP contribution in [0.25, 0.3) is 33.3 Å². The number of rotatable bonds is 8. The van der Waals surface area contributed by atoms with Crippen molar-refractivity contribution in [1.29, 1.82) is 0 Å². The number of anilines is 2. The first-order chi connectivity index (χ1) is 32.0. The lowest BCUT2D eigenvalue weighted by Gasteiger charge is -2.30. The molecular weight excluding hydrogens is 829 g/mol. The van der Waals surface area contributed by atoms with Crippen LogP contribution in [0.15, 0.2) is 158 Å². The second-order valence-electron chi connectivity index (χ2n) is 23.6. The van der Waals surface area contributed by atoms with Crippen LogP contribution in [-0.2, 0) is 27.1 Å². The number of aromatic nitrogens is 2. The highest BCUT2D eigenvalue weighted by molar-refractivity contribution is 6.12. The Hall–Kier alpha value is -6.59. The van der Waals surface area contributed by atoms with Crippen molar-refractivity contribution < 1.29 is 4.74 Å². The number of hydrogen-bond donors (Lipinski definition) is 0. The number of pyridine rings is 1. The van der Waals surface area contributed by atoms with Crippen molar-refractivity contribution in [3.05, 3.63) is 197 Å². The minimum absolute atomic E-state index is 0.00476. The Kier molecular flexibility index (Phi) is 11.5. The van der Waals surface area contributed by atoms with E-state index in [4.69, 9.17) is 9.72 Å². The summed E-state index contributed by atoms with van der Waals surface area (Å²) in [5, 5.41) is 2.39. The molecule has 1 aliphatic rings. The normalized spacial score (nSPS) is 14.0. The van der Waals surface area contributed by atoms with Crippen molar-refractivity contribution in [3.8, 4) is 17.3 Å². The van der Waals surface area contributed by atoms with Gasteiger partial charge >= 0.3 is 0 Å². The van der Waals surface area contributed by atoms with E-state index in [1.807, 2.05) is 6.20 Å². The fourth-order valence-corrected chi connectivity index (χ4v) is 9.60. The minimum Gasteiger partial charge on any atom is -0.457 e. The average Bonchev–Trinajstić information content (AvgIpc) is 3.89. The molecule has 0 saturated heterocycles. The largest absolute Gasteiger partial charge is 0.457 e. The Bertz CT molecular complexity index is 3150. The summed E-state index contributed by atoms with van der Waals surface area (Å²) < 4.78 is 9.66. The number of fused-ring (bicyclic) bond motifs is 3. The molecule has 5 nitrogen and oxygen atoms in total. The first-order valence-electron chi connectivity index (χ1n) is 24.4. The van der Waals surface area contributed by atoms with Gasteiger partial charge in [-0.3, -0.25) is 4.57 Å². The van der Waals surface area contributed by atoms with E-state index in [9.17, 15) is 0 Å². The predicted octanol–water partition coefficient (Wildman–Crippen LogP) is 16.8. The fraction of sp³-hybridized carbons (Fsp3) is 0.317. The van der Waals surface area contributed by atoms with Crippen LogP contribution < -0.4 is 14.5 Å². The predicted molar refractivity (Wildman–Crippen MR) is 289 cm³/mol. The Balaban J connectivity index is 1.23.